The van der Waals surface area contributed by atoms with Crippen LogP contribution in [-0.2, 0) is 0 Å². The Morgan fingerprint density at radius 3 is 2.33 bits per heavy atom. The van der Waals surface area contributed by atoms with Gasteiger partial charge in [0.1, 0.15) is 17.3 Å². The molecule has 3 aromatic carbocycles. The number of carbonyl (C=O) groups excluding carboxylic acids is 3. The number of rotatable bonds is 3. The topological polar surface area (TPSA) is 67.3 Å². The number of Topliss-reactive ketones (excluding diaryl/α,β-unsaturated/α-hetero) is 3. The van der Waals surface area contributed by atoms with Crippen LogP contribution in [0.15, 0.2) is 97.3 Å². The van der Waals surface area contributed by atoms with Crippen LogP contribution in [-0.4, -0.2) is 34.4 Å². The molecule has 0 bridgehead atoms. The number of fused-ring (bicyclic) bond motifs is 5. The van der Waals surface area contributed by atoms with Crippen molar-refractivity contribution in [2.24, 2.45) is 5.41 Å². The molecular formula is C32H20ClFN2O3. The highest BCUT2D eigenvalue weighted by Gasteiger charge is 2.71. The Hall–Kier alpha value is -4.42. The third-order valence-corrected chi connectivity index (χ3v) is 8.55. The molecule has 1 saturated heterocycles. The first kappa shape index (κ1) is 23.7. The second-order valence-electron chi connectivity index (χ2n) is 10.0. The molecule has 0 N–H and O–H groups in total. The van der Waals surface area contributed by atoms with E-state index in [1.165, 1.54) is 12.1 Å². The van der Waals surface area contributed by atoms with Gasteiger partial charge in [-0.3, -0.25) is 19.4 Å². The van der Waals surface area contributed by atoms with E-state index in [-0.39, 0.29) is 27.9 Å². The van der Waals surface area contributed by atoms with Gasteiger partial charge in [-0.2, -0.15) is 0 Å². The molecular weight excluding hydrogens is 515 g/mol. The number of hydrogen-bond donors (Lipinski definition) is 0. The lowest BCUT2D eigenvalue weighted by Gasteiger charge is -2.37. The van der Waals surface area contributed by atoms with Crippen molar-refractivity contribution < 1.29 is 18.8 Å². The summed E-state index contributed by atoms with van der Waals surface area (Å²) in [6.07, 6.45) is 6.70. The minimum atomic E-state index is -1.64. The molecule has 3 atom stereocenters. The van der Waals surface area contributed by atoms with Crippen LogP contribution in [0, 0.1) is 11.2 Å². The molecule has 1 fully saturated rings. The second-order valence-corrected chi connectivity index (χ2v) is 10.4. The molecule has 39 heavy (non-hydrogen) atoms. The molecule has 190 valence electrons. The van der Waals surface area contributed by atoms with Gasteiger partial charge < -0.3 is 4.90 Å². The molecule has 0 radical (unpaired) electrons. The van der Waals surface area contributed by atoms with Crippen molar-refractivity contribution in [3.63, 3.8) is 0 Å². The van der Waals surface area contributed by atoms with E-state index >= 15 is 0 Å². The molecule has 1 aromatic heterocycles. The average Bonchev–Trinajstić information content (AvgIpc) is 3.39. The van der Waals surface area contributed by atoms with E-state index in [0.717, 1.165) is 0 Å². The fourth-order valence-electron chi connectivity index (χ4n) is 6.70. The second kappa shape index (κ2) is 8.55. The molecule has 7 heteroatoms. The van der Waals surface area contributed by atoms with Gasteiger partial charge in [0.05, 0.1) is 11.1 Å². The van der Waals surface area contributed by atoms with Crippen LogP contribution in [0.25, 0.3) is 6.08 Å². The summed E-state index contributed by atoms with van der Waals surface area (Å²) in [5.41, 5.74) is 1.02. The zero-order valence-corrected chi connectivity index (χ0v) is 21.2. The molecule has 0 amide bonds. The van der Waals surface area contributed by atoms with Gasteiger partial charge in [0, 0.05) is 46.3 Å². The Morgan fingerprint density at radius 2 is 1.64 bits per heavy atom. The molecule has 1 spiro atoms. The molecule has 3 heterocycles. The molecule has 2 aliphatic heterocycles. The van der Waals surface area contributed by atoms with Crippen molar-refractivity contribution in [1.29, 1.82) is 0 Å². The molecule has 5 nitrogen and oxygen atoms in total. The van der Waals surface area contributed by atoms with E-state index in [2.05, 4.69) is 4.98 Å². The van der Waals surface area contributed by atoms with E-state index in [0.29, 0.717) is 27.9 Å². The van der Waals surface area contributed by atoms with Crippen molar-refractivity contribution >= 4 is 40.7 Å². The summed E-state index contributed by atoms with van der Waals surface area (Å²) in [7, 11) is 0. The highest BCUT2D eigenvalue weighted by atomic mass is 35.5. The number of hydrogen-bond acceptors (Lipinski definition) is 5. The van der Waals surface area contributed by atoms with E-state index in [1.807, 2.05) is 4.90 Å². The third kappa shape index (κ3) is 3.12. The monoisotopic (exact) mass is 534 g/mol. The minimum Gasteiger partial charge on any atom is -0.352 e. The highest BCUT2D eigenvalue weighted by molar-refractivity contribution is 6.35. The Bertz CT molecular complexity index is 1700. The standard InChI is InChI=1S/C32H20ClFN2O3/c33-24-10-4-3-9-23(24)29(37)28-27(19-6-5-15-35-17-19)32(30(38)21-7-1-2-8-22(21)31(32)39)26-14-11-18-16-20(34)12-13-25(18)36(26)28/h1-17,26-28H/t26?,27-,28+/m0/s1. The molecule has 4 aromatic rings. The van der Waals surface area contributed by atoms with E-state index in [9.17, 15) is 18.8 Å². The van der Waals surface area contributed by atoms with E-state index < -0.39 is 29.2 Å². The van der Waals surface area contributed by atoms with Crippen LogP contribution < -0.4 is 4.90 Å². The van der Waals surface area contributed by atoms with Crippen LogP contribution in [0.1, 0.15) is 48.1 Å². The fraction of sp³-hybridized carbons (Fsp3) is 0.125. The largest absolute Gasteiger partial charge is 0.352 e. The predicted molar refractivity (Wildman–Crippen MR) is 146 cm³/mol. The number of ketones is 3. The Kier molecular flexibility index (Phi) is 5.19. The van der Waals surface area contributed by atoms with Crippen molar-refractivity contribution in [2.45, 2.75) is 18.0 Å². The van der Waals surface area contributed by atoms with Gasteiger partial charge in [-0.15, -0.1) is 0 Å². The summed E-state index contributed by atoms with van der Waals surface area (Å²) >= 11 is 6.52. The summed E-state index contributed by atoms with van der Waals surface area (Å²) in [6, 6.07) is 19.6. The van der Waals surface area contributed by atoms with Gasteiger partial charge in [0.2, 0.25) is 0 Å². The Morgan fingerprint density at radius 1 is 0.923 bits per heavy atom. The first-order chi connectivity index (χ1) is 18.9. The number of nitrogens with zero attached hydrogens (tertiary/aromatic N) is 2. The molecule has 1 aliphatic carbocycles. The van der Waals surface area contributed by atoms with Gasteiger partial charge >= 0.3 is 0 Å². The van der Waals surface area contributed by atoms with Crippen molar-refractivity contribution in [1.82, 2.24) is 4.98 Å². The van der Waals surface area contributed by atoms with Crippen LogP contribution in [0.5, 0.6) is 0 Å². The quantitative estimate of drug-likeness (QED) is 0.231. The Balaban J connectivity index is 1.56. The zero-order valence-electron chi connectivity index (χ0n) is 20.4. The number of aromatic nitrogens is 1. The number of pyridine rings is 1. The maximum Gasteiger partial charge on any atom is 0.187 e. The normalized spacial score (nSPS) is 22.1. The number of halogens is 2. The first-order valence-corrected chi connectivity index (χ1v) is 13.0. The van der Waals surface area contributed by atoms with E-state index in [4.69, 9.17) is 11.6 Å². The summed E-state index contributed by atoms with van der Waals surface area (Å²) in [5.74, 6) is -2.33. The molecule has 0 saturated carbocycles. The lowest BCUT2D eigenvalue weighted by Crippen LogP contribution is -2.48. The van der Waals surface area contributed by atoms with Crippen LogP contribution in [0.2, 0.25) is 5.02 Å². The third-order valence-electron chi connectivity index (χ3n) is 8.22. The summed E-state index contributed by atoms with van der Waals surface area (Å²) in [6.45, 7) is 0. The predicted octanol–water partition coefficient (Wildman–Crippen LogP) is 6.19. The summed E-state index contributed by atoms with van der Waals surface area (Å²) < 4.78 is 14.3. The van der Waals surface area contributed by atoms with E-state index in [1.54, 1.807) is 91.3 Å². The number of benzene rings is 3. The zero-order chi connectivity index (χ0) is 26.9. The lowest BCUT2D eigenvalue weighted by molar-refractivity contribution is 0.0666. The van der Waals surface area contributed by atoms with Crippen LogP contribution in [0.4, 0.5) is 10.1 Å². The lowest BCUT2D eigenvalue weighted by atomic mass is 9.64. The molecule has 1 unspecified atom stereocenters. The Labute approximate surface area is 228 Å². The first-order valence-electron chi connectivity index (χ1n) is 12.6. The molecule has 3 aliphatic rings. The van der Waals surface area contributed by atoms with Crippen LogP contribution >= 0.6 is 11.6 Å². The van der Waals surface area contributed by atoms with Gasteiger partial charge in [0.15, 0.2) is 17.3 Å². The smallest absolute Gasteiger partial charge is 0.187 e. The summed E-state index contributed by atoms with van der Waals surface area (Å²) in [5, 5.41) is 0.268. The molecule has 7 rings (SSSR count). The maximum atomic E-state index is 14.5. The van der Waals surface area contributed by atoms with Gasteiger partial charge in [-0.25, -0.2) is 4.39 Å². The van der Waals surface area contributed by atoms with Crippen molar-refractivity contribution in [3.8, 4) is 0 Å². The fourth-order valence-corrected chi connectivity index (χ4v) is 6.93. The number of anilines is 1. The van der Waals surface area contributed by atoms with Crippen molar-refractivity contribution in [3.05, 3.63) is 136 Å². The maximum absolute atomic E-state index is 14.5. The highest BCUT2D eigenvalue weighted by Crippen LogP contribution is 2.61. The van der Waals surface area contributed by atoms with Crippen LogP contribution in [0.3, 0.4) is 0 Å². The SMILES string of the molecule is O=C(c1ccccc1Cl)[C@H]1[C@H](c2cccnc2)C2(C(=O)c3ccccc3C2=O)C2C=Cc3cc(F)ccc3N21. The van der Waals surface area contributed by atoms with Gasteiger partial charge in [0.25, 0.3) is 0 Å². The van der Waals surface area contributed by atoms with Crippen molar-refractivity contribution in [2.75, 3.05) is 4.90 Å². The minimum absolute atomic E-state index is 0.268. The van der Waals surface area contributed by atoms with Gasteiger partial charge in [-0.1, -0.05) is 66.2 Å². The number of carbonyl (C=O) groups is 3. The van der Waals surface area contributed by atoms with Gasteiger partial charge in [-0.05, 0) is 42.0 Å². The average molecular weight is 535 g/mol. The summed E-state index contributed by atoms with van der Waals surface area (Å²) in [4.78, 5) is 49.7.